The Hall–Kier alpha value is -2.63. The van der Waals surface area contributed by atoms with Crippen molar-refractivity contribution in [1.82, 2.24) is 20.0 Å². The minimum atomic E-state index is -0.196. The standard InChI is InChI=1S/C18H22N4O2/c1-12(2)8-9-19-18(23)16-10-14(24-21-16)11-22-13(3)20-15-6-4-5-7-17(15)22/h4-7,10,12H,8-9,11H2,1-3H3,(H,19,23). The number of aromatic nitrogens is 3. The molecule has 0 fully saturated rings. The molecule has 0 saturated heterocycles. The average molecular weight is 326 g/mol. The topological polar surface area (TPSA) is 73.0 Å². The van der Waals surface area contributed by atoms with Gasteiger partial charge in [0.25, 0.3) is 5.91 Å². The maximum atomic E-state index is 12.1. The van der Waals surface area contributed by atoms with E-state index in [2.05, 4.69) is 33.9 Å². The van der Waals surface area contributed by atoms with E-state index >= 15 is 0 Å². The van der Waals surface area contributed by atoms with Gasteiger partial charge in [-0.3, -0.25) is 4.79 Å². The van der Waals surface area contributed by atoms with Gasteiger partial charge in [0.2, 0.25) is 0 Å². The van der Waals surface area contributed by atoms with Gasteiger partial charge in [-0.05, 0) is 31.4 Å². The van der Waals surface area contributed by atoms with Gasteiger partial charge in [-0.25, -0.2) is 4.98 Å². The van der Waals surface area contributed by atoms with E-state index in [1.807, 2.05) is 31.2 Å². The highest BCUT2D eigenvalue weighted by atomic mass is 16.5. The predicted octanol–water partition coefficient (Wildman–Crippen LogP) is 3.16. The molecular weight excluding hydrogens is 304 g/mol. The summed E-state index contributed by atoms with van der Waals surface area (Å²) < 4.78 is 7.38. The largest absolute Gasteiger partial charge is 0.359 e. The van der Waals surface area contributed by atoms with E-state index in [9.17, 15) is 4.79 Å². The lowest BCUT2D eigenvalue weighted by Crippen LogP contribution is -2.25. The van der Waals surface area contributed by atoms with Crippen molar-refractivity contribution >= 4 is 16.9 Å². The van der Waals surface area contributed by atoms with Crippen LogP contribution in [0.2, 0.25) is 0 Å². The highest BCUT2D eigenvalue weighted by molar-refractivity contribution is 5.92. The number of imidazole rings is 1. The summed E-state index contributed by atoms with van der Waals surface area (Å²) in [5.41, 5.74) is 2.30. The van der Waals surface area contributed by atoms with Crippen molar-refractivity contribution in [2.24, 2.45) is 5.92 Å². The predicted molar refractivity (Wildman–Crippen MR) is 91.9 cm³/mol. The SMILES string of the molecule is Cc1nc2ccccc2n1Cc1cc(C(=O)NCCC(C)C)no1. The third-order valence-electron chi connectivity index (χ3n) is 3.96. The van der Waals surface area contributed by atoms with Crippen molar-refractivity contribution < 1.29 is 9.32 Å². The van der Waals surface area contributed by atoms with Gasteiger partial charge in [-0.1, -0.05) is 31.1 Å². The molecule has 1 N–H and O–H groups in total. The summed E-state index contributed by atoms with van der Waals surface area (Å²) in [6.45, 7) is 7.34. The second kappa shape index (κ2) is 6.86. The molecule has 3 rings (SSSR count). The monoisotopic (exact) mass is 326 g/mol. The summed E-state index contributed by atoms with van der Waals surface area (Å²) in [5.74, 6) is 1.89. The first-order chi connectivity index (χ1) is 11.5. The van der Waals surface area contributed by atoms with Gasteiger partial charge in [0, 0.05) is 12.6 Å². The van der Waals surface area contributed by atoms with Crippen LogP contribution in [-0.2, 0) is 6.54 Å². The van der Waals surface area contributed by atoms with Crippen LogP contribution in [0.3, 0.4) is 0 Å². The summed E-state index contributed by atoms with van der Waals surface area (Å²) >= 11 is 0. The van der Waals surface area contributed by atoms with Gasteiger partial charge < -0.3 is 14.4 Å². The number of nitrogens with zero attached hydrogens (tertiary/aromatic N) is 3. The fourth-order valence-electron chi connectivity index (χ4n) is 2.61. The van der Waals surface area contributed by atoms with Crippen LogP contribution in [0.15, 0.2) is 34.9 Å². The zero-order chi connectivity index (χ0) is 17.1. The normalized spacial score (nSPS) is 11.3. The zero-order valence-electron chi connectivity index (χ0n) is 14.2. The number of aryl methyl sites for hydroxylation is 1. The second-order valence-electron chi connectivity index (χ2n) is 6.35. The van der Waals surface area contributed by atoms with Crippen LogP contribution < -0.4 is 5.32 Å². The first-order valence-electron chi connectivity index (χ1n) is 8.20. The first-order valence-corrected chi connectivity index (χ1v) is 8.20. The van der Waals surface area contributed by atoms with Gasteiger partial charge in [0.15, 0.2) is 11.5 Å². The number of fused-ring (bicyclic) bond motifs is 1. The fraction of sp³-hybridized carbons (Fsp3) is 0.389. The number of rotatable bonds is 6. The molecule has 1 aromatic carbocycles. The Morgan fingerprint density at radius 3 is 2.92 bits per heavy atom. The Morgan fingerprint density at radius 2 is 2.12 bits per heavy atom. The van der Waals surface area contributed by atoms with E-state index in [0.29, 0.717) is 30.5 Å². The number of para-hydroxylation sites is 2. The van der Waals surface area contributed by atoms with Crippen LogP contribution in [0, 0.1) is 12.8 Å². The summed E-state index contributed by atoms with van der Waals surface area (Å²) in [6.07, 6.45) is 0.941. The lowest BCUT2D eigenvalue weighted by Gasteiger charge is -2.04. The van der Waals surface area contributed by atoms with Crippen molar-refractivity contribution in [1.29, 1.82) is 0 Å². The summed E-state index contributed by atoms with van der Waals surface area (Å²) in [7, 11) is 0. The van der Waals surface area contributed by atoms with E-state index in [0.717, 1.165) is 23.3 Å². The van der Waals surface area contributed by atoms with Crippen molar-refractivity contribution in [2.45, 2.75) is 33.7 Å². The molecule has 6 nitrogen and oxygen atoms in total. The second-order valence-corrected chi connectivity index (χ2v) is 6.35. The molecule has 1 amide bonds. The van der Waals surface area contributed by atoms with Crippen molar-refractivity contribution in [3.8, 4) is 0 Å². The van der Waals surface area contributed by atoms with Crippen LogP contribution >= 0.6 is 0 Å². The van der Waals surface area contributed by atoms with Crippen LogP contribution in [0.1, 0.15) is 42.3 Å². The Labute approximate surface area is 140 Å². The maximum Gasteiger partial charge on any atom is 0.273 e. The molecule has 0 unspecified atom stereocenters. The minimum absolute atomic E-state index is 0.196. The number of hydrogen-bond acceptors (Lipinski definition) is 4. The van der Waals surface area contributed by atoms with E-state index in [1.165, 1.54) is 0 Å². The van der Waals surface area contributed by atoms with Crippen molar-refractivity contribution in [3.05, 3.63) is 47.6 Å². The summed E-state index contributed by atoms with van der Waals surface area (Å²) in [5, 5.41) is 6.75. The molecule has 0 spiro atoms. The molecule has 126 valence electrons. The molecule has 0 saturated carbocycles. The summed E-state index contributed by atoms with van der Waals surface area (Å²) in [4.78, 5) is 16.6. The molecule has 2 aromatic heterocycles. The van der Waals surface area contributed by atoms with Gasteiger partial charge in [0.1, 0.15) is 5.82 Å². The highest BCUT2D eigenvalue weighted by Gasteiger charge is 2.14. The molecule has 0 aliphatic rings. The molecule has 0 atom stereocenters. The van der Waals surface area contributed by atoms with Crippen LogP contribution in [0.25, 0.3) is 11.0 Å². The van der Waals surface area contributed by atoms with Crippen molar-refractivity contribution in [3.63, 3.8) is 0 Å². The molecule has 0 aliphatic heterocycles. The Morgan fingerprint density at radius 1 is 1.33 bits per heavy atom. The summed E-state index contributed by atoms with van der Waals surface area (Å²) in [6, 6.07) is 9.64. The highest BCUT2D eigenvalue weighted by Crippen LogP contribution is 2.17. The van der Waals surface area contributed by atoms with Crippen molar-refractivity contribution in [2.75, 3.05) is 6.54 Å². The lowest BCUT2D eigenvalue weighted by molar-refractivity contribution is 0.0943. The van der Waals surface area contributed by atoms with Gasteiger partial charge in [0.05, 0.1) is 17.6 Å². The number of benzene rings is 1. The van der Waals surface area contributed by atoms with Crippen LogP contribution in [0.5, 0.6) is 0 Å². The lowest BCUT2D eigenvalue weighted by atomic mass is 10.1. The van der Waals surface area contributed by atoms with Gasteiger partial charge >= 0.3 is 0 Å². The first kappa shape index (κ1) is 16.2. The fourth-order valence-corrected chi connectivity index (χ4v) is 2.61. The number of carbonyl (C=O) groups excluding carboxylic acids is 1. The molecule has 0 bridgehead atoms. The van der Waals surface area contributed by atoms with E-state index in [4.69, 9.17) is 4.52 Å². The smallest absolute Gasteiger partial charge is 0.273 e. The third kappa shape index (κ3) is 3.48. The van der Waals surface area contributed by atoms with E-state index in [-0.39, 0.29) is 5.91 Å². The minimum Gasteiger partial charge on any atom is -0.359 e. The molecule has 24 heavy (non-hydrogen) atoms. The molecule has 6 heteroatoms. The number of amides is 1. The maximum absolute atomic E-state index is 12.1. The van der Waals surface area contributed by atoms with Gasteiger partial charge in [-0.15, -0.1) is 0 Å². The molecule has 2 heterocycles. The molecule has 0 aliphatic carbocycles. The van der Waals surface area contributed by atoms with E-state index < -0.39 is 0 Å². The quantitative estimate of drug-likeness (QED) is 0.755. The zero-order valence-corrected chi connectivity index (χ0v) is 14.2. The third-order valence-corrected chi connectivity index (χ3v) is 3.96. The average Bonchev–Trinajstić information content (AvgIpc) is 3.13. The molecule has 3 aromatic rings. The number of hydrogen-bond donors (Lipinski definition) is 1. The molecular formula is C18H22N4O2. The van der Waals surface area contributed by atoms with Crippen LogP contribution in [0.4, 0.5) is 0 Å². The van der Waals surface area contributed by atoms with Crippen LogP contribution in [-0.4, -0.2) is 27.2 Å². The molecule has 0 radical (unpaired) electrons. The Balaban J connectivity index is 1.71. The Kier molecular flexibility index (Phi) is 4.64. The number of nitrogens with one attached hydrogen (secondary N) is 1. The van der Waals surface area contributed by atoms with Gasteiger partial charge in [-0.2, -0.15) is 0 Å². The Bertz CT molecular complexity index is 848. The number of carbonyl (C=O) groups is 1. The van der Waals surface area contributed by atoms with E-state index in [1.54, 1.807) is 6.07 Å².